The molecule has 128 valence electrons. The van der Waals surface area contributed by atoms with Crippen molar-refractivity contribution in [1.29, 1.82) is 0 Å². The molecule has 2 aromatic carbocycles. The van der Waals surface area contributed by atoms with Gasteiger partial charge in [0.1, 0.15) is 5.82 Å². The number of benzene rings is 2. The Bertz CT molecular complexity index is 890. The van der Waals surface area contributed by atoms with Crippen molar-refractivity contribution in [2.24, 2.45) is 0 Å². The monoisotopic (exact) mass is 374 g/mol. The lowest BCUT2D eigenvalue weighted by atomic mass is 10.1. The average molecular weight is 375 g/mol. The van der Waals surface area contributed by atoms with Gasteiger partial charge in [-0.25, -0.2) is 4.98 Å². The maximum absolute atomic E-state index is 12.1. The SMILES string of the molecule is Cc1ccc(C(=O)NCCc2nc(-c3ccc(Cl)cc3)n[nH]2)cc1Cl. The zero-order valence-electron chi connectivity index (χ0n) is 13.5. The standard InChI is InChI=1S/C18H16Cl2N4O/c1-11-2-3-13(10-15(11)20)18(25)21-9-8-16-22-17(24-23-16)12-4-6-14(19)7-5-12/h2-7,10H,8-9H2,1H3,(H,21,25)(H,22,23,24). The maximum Gasteiger partial charge on any atom is 0.251 e. The Morgan fingerprint density at radius 1 is 1.16 bits per heavy atom. The van der Waals surface area contributed by atoms with Crippen molar-refractivity contribution in [1.82, 2.24) is 20.5 Å². The molecule has 0 radical (unpaired) electrons. The van der Waals surface area contributed by atoms with E-state index in [2.05, 4.69) is 20.5 Å². The topological polar surface area (TPSA) is 70.7 Å². The van der Waals surface area contributed by atoms with Crippen LogP contribution < -0.4 is 5.32 Å². The highest BCUT2D eigenvalue weighted by atomic mass is 35.5. The molecule has 0 spiro atoms. The number of halogens is 2. The summed E-state index contributed by atoms with van der Waals surface area (Å²) in [5, 5.41) is 11.2. The summed E-state index contributed by atoms with van der Waals surface area (Å²) in [7, 11) is 0. The van der Waals surface area contributed by atoms with Crippen molar-refractivity contribution in [3.05, 3.63) is 69.5 Å². The molecule has 3 rings (SSSR count). The molecule has 25 heavy (non-hydrogen) atoms. The van der Waals surface area contributed by atoms with Gasteiger partial charge < -0.3 is 5.32 Å². The third kappa shape index (κ3) is 4.38. The molecule has 0 aliphatic rings. The summed E-state index contributed by atoms with van der Waals surface area (Å²) < 4.78 is 0. The molecule has 1 heterocycles. The van der Waals surface area contributed by atoms with Gasteiger partial charge in [0.2, 0.25) is 0 Å². The first-order valence-electron chi connectivity index (χ1n) is 7.74. The smallest absolute Gasteiger partial charge is 0.251 e. The van der Waals surface area contributed by atoms with Crippen LogP contribution in [0.1, 0.15) is 21.7 Å². The van der Waals surface area contributed by atoms with E-state index in [1.165, 1.54) is 0 Å². The van der Waals surface area contributed by atoms with E-state index in [1.807, 2.05) is 25.1 Å². The van der Waals surface area contributed by atoms with E-state index in [4.69, 9.17) is 23.2 Å². The molecule has 0 fully saturated rings. The second kappa shape index (κ2) is 7.68. The van der Waals surface area contributed by atoms with Gasteiger partial charge in [-0.2, -0.15) is 5.10 Å². The summed E-state index contributed by atoms with van der Waals surface area (Å²) in [5.74, 6) is 1.13. The Balaban J connectivity index is 1.56. The van der Waals surface area contributed by atoms with Crippen LogP contribution in [0.2, 0.25) is 10.0 Å². The average Bonchev–Trinajstić information content (AvgIpc) is 3.06. The number of carbonyl (C=O) groups excluding carboxylic acids is 1. The number of amides is 1. The predicted octanol–water partition coefficient (Wildman–Crippen LogP) is 4.06. The van der Waals surface area contributed by atoms with Crippen molar-refractivity contribution in [3.8, 4) is 11.4 Å². The van der Waals surface area contributed by atoms with E-state index >= 15 is 0 Å². The number of rotatable bonds is 5. The van der Waals surface area contributed by atoms with E-state index in [0.29, 0.717) is 40.2 Å². The third-order valence-corrected chi connectivity index (χ3v) is 4.37. The van der Waals surface area contributed by atoms with Gasteiger partial charge in [0.25, 0.3) is 5.91 Å². The molecular formula is C18H16Cl2N4O. The largest absolute Gasteiger partial charge is 0.352 e. The Hall–Kier alpha value is -2.37. The lowest BCUT2D eigenvalue weighted by molar-refractivity contribution is 0.0954. The third-order valence-electron chi connectivity index (χ3n) is 3.72. The number of hydrogen-bond donors (Lipinski definition) is 2. The number of carbonyl (C=O) groups is 1. The molecular weight excluding hydrogens is 359 g/mol. The van der Waals surface area contributed by atoms with Crippen molar-refractivity contribution < 1.29 is 4.79 Å². The quantitative estimate of drug-likeness (QED) is 0.707. The molecule has 1 aromatic heterocycles. The number of nitrogens with zero attached hydrogens (tertiary/aromatic N) is 2. The second-order valence-electron chi connectivity index (χ2n) is 5.58. The van der Waals surface area contributed by atoms with Gasteiger partial charge in [0.15, 0.2) is 5.82 Å². The molecule has 1 amide bonds. The lowest BCUT2D eigenvalue weighted by Gasteiger charge is -2.05. The Morgan fingerprint density at radius 2 is 1.92 bits per heavy atom. The van der Waals surface area contributed by atoms with Crippen molar-refractivity contribution >= 4 is 29.1 Å². The molecule has 0 saturated heterocycles. The summed E-state index contributed by atoms with van der Waals surface area (Å²) in [6.45, 7) is 2.34. The number of hydrogen-bond acceptors (Lipinski definition) is 3. The van der Waals surface area contributed by atoms with E-state index in [0.717, 1.165) is 11.1 Å². The van der Waals surface area contributed by atoms with Crippen LogP contribution in [0.3, 0.4) is 0 Å². The molecule has 0 bridgehead atoms. The number of aryl methyl sites for hydroxylation is 1. The van der Waals surface area contributed by atoms with Gasteiger partial charge in [-0.05, 0) is 48.9 Å². The molecule has 7 heteroatoms. The lowest BCUT2D eigenvalue weighted by Crippen LogP contribution is -2.26. The van der Waals surface area contributed by atoms with Gasteiger partial charge in [-0.15, -0.1) is 0 Å². The zero-order valence-corrected chi connectivity index (χ0v) is 15.0. The van der Waals surface area contributed by atoms with Gasteiger partial charge in [0, 0.05) is 34.1 Å². The number of aromatic nitrogens is 3. The van der Waals surface area contributed by atoms with E-state index in [-0.39, 0.29) is 5.91 Å². The molecule has 5 nitrogen and oxygen atoms in total. The van der Waals surface area contributed by atoms with Gasteiger partial charge in [0.05, 0.1) is 0 Å². The van der Waals surface area contributed by atoms with E-state index in [9.17, 15) is 4.79 Å². The minimum absolute atomic E-state index is 0.167. The maximum atomic E-state index is 12.1. The second-order valence-corrected chi connectivity index (χ2v) is 6.43. The Morgan fingerprint density at radius 3 is 2.64 bits per heavy atom. The van der Waals surface area contributed by atoms with Gasteiger partial charge in [-0.3, -0.25) is 9.89 Å². The highest BCUT2D eigenvalue weighted by Crippen LogP contribution is 2.18. The molecule has 0 unspecified atom stereocenters. The summed E-state index contributed by atoms with van der Waals surface area (Å²) >= 11 is 11.9. The van der Waals surface area contributed by atoms with E-state index < -0.39 is 0 Å². The van der Waals surface area contributed by atoms with Crippen molar-refractivity contribution in [3.63, 3.8) is 0 Å². The fraction of sp³-hybridized carbons (Fsp3) is 0.167. The van der Waals surface area contributed by atoms with Gasteiger partial charge in [-0.1, -0.05) is 29.3 Å². The van der Waals surface area contributed by atoms with Crippen LogP contribution in [0.15, 0.2) is 42.5 Å². The molecule has 0 saturated carbocycles. The van der Waals surface area contributed by atoms with Crippen LogP contribution in [0.4, 0.5) is 0 Å². The molecule has 0 atom stereocenters. The summed E-state index contributed by atoms with van der Waals surface area (Å²) in [6, 6.07) is 12.5. The summed E-state index contributed by atoms with van der Waals surface area (Å²) in [6.07, 6.45) is 0.548. The fourth-order valence-corrected chi connectivity index (χ4v) is 2.57. The van der Waals surface area contributed by atoms with Crippen LogP contribution in [-0.4, -0.2) is 27.6 Å². The van der Waals surface area contributed by atoms with Crippen LogP contribution in [0.5, 0.6) is 0 Å². The number of nitrogens with one attached hydrogen (secondary N) is 2. The zero-order chi connectivity index (χ0) is 17.8. The number of H-pyrrole nitrogens is 1. The molecule has 0 aliphatic heterocycles. The highest BCUT2D eigenvalue weighted by Gasteiger charge is 2.09. The molecule has 3 aromatic rings. The first-order valence-corrected chi connectivity index (χ1v) is 8.50. The van der Waals surface area contributed by atoms with Crippen molar-refractivity contribution in [2.45, 2.75) is 13.3 Å². The highest BCUT2D eigenvalue weighted by molar-refractivity contribution is 6.31. The Labute approximate surface area is 155 Å². The number of aromatic amines is 1. The Kier molecular flexibility index (Phi) is 5.36. The van der Waals surface area contributed by atoms with Crippen LogP contribution >= 0.6 is 23.2 Å². The van der Waals surface area contributed by atoms with E-state index in [1.54, 1.807) is 24.3 Å². The first kappa shape index (κ1) is 17.5. The summed E-state index contributed by atoms with van der Waals surface area (Å²) in [5.41, 5.74) is 2.36. The van der Waals surface area contributed by atoms with Gasteiger partial charge >= 0.3 is 0 Å². The minimum atomic E-state index is -0.167. The van der Waals surface area contributed by atoms with Crippen LogP contribution in [0.25, 0.3) is 11.4 Å². The van der Waals surface area contributed by atoms with Crippen molar-refractivity contribution in [2.75, 3.05) is 6.54 Å². The predicted molar refractivity (Wildman–Crippen MR) is 99.1 cm³/mol. The fourth-order valence-electron chi connectivity index (χ4n) is 2.27. The first-order chi connectivity index (χ1) is 12.0. The minimum Gasteiger partial charge on any atom is -0.352 e. The molecule has 2 N–H and O–H groups in total. The van der Waals surface area contributed by atoms with Crippen LogP contribution in [0, 0.1) is 6.92 Å². The summed E-state index contributed by atoms with van der Waals surface area (Å²) in [4.78, 5) is 16.6. The van der Waals surface area contributed by atoms with Crippen LogP contribution in [-0.2, 0) is 6.42 Å². The molecule has 0 aliphatic carbocycles. The normalized spacial score (nSPS) is 10.7.